The van der Waals surface area contributed by atoms with Crippen molar-refractivity contribution in [3.8, 4) is 34.5 Å². The number of methoxy groups -OCH3 is 6. The van der Waals surface area contributed by atoms with Crippen molar-refractivity contribution in [1.29, 1.82) is 0 Å². The molecule has 0 aliphatic heterocycles. The van der Waals surface area contributed by atoms with Gasteiger partial charge in [-0.25, -0.2) is 0 Å². The third-order valence-corrected chi connectivity index (χ3v) is 5.22. The van der Waals surface area contributed by atoms with Crippen LogP contribution in [0.4, 0.5) is 0 Å². The van der Waals surface area contributed by atoms with E-state index < -0.39 is 23.8 Å². The molecule has 2 atom stereocenters. The summed E-state index contributed by atoms with van der Waals surface area (Å²) in [5.41, 5.74) is 0.264. The number of aliphatic hydroxyl groups is 2. The van der Waals surface area contributed by atoms with E-state index in [0.717, 1.165) is 0 Å². The average Bonchev–Trinajstić information content (AvgIpc) is 2.88. The summed E-state index contributed by atoms with van der Waals surface area (Å²) in [7, 11) is 8.51. The molecule has 0 radical (unpaired) electrons. The molecule has 0 bridgehead atoms. The van der Waals surface area contributed by atoms with Crippen molar-refractivity contribution in [2.75, 3.05) is 42.7 Å². The van der Waals surface area contributed by atoms with E-state index in [1.54, 1.807) is 0 Å². The molecule has 2 aromatic carbocycles. The zero-order valence-corrected chi connectivity index (χ0v) is 20.0. The van der Waals surface area contributed by atoms with Crippen molar-refractivity contribution < 1.29 is 48.2 Å². The first-order valence-corrected chi connectivity index (χ1v) is 10.3. The van der Waals surface area contributed by atoms with E-state index in [0.29, 0.717) is 11.5 Å². The Balaban J connectivity index is 2.15. The first-order chi connectivity index (χ1) is 16.3. The normalized spacial score (nSPS) is 12.4. The van der Waals surface area contributed by atoms with Crippen molar-refractivity contribution >= 4 is 11.6 Å². The number of hydrogen-bond acceptors (Lipinski definition) is 10. The number of carbonyl (C=O) groups excluding carboxylic acids is 2. The first kappa shape index (κ1) is 26.7. The van der Waals surface area contributed by atoms with E-state index in [2.05, 4.69) is 0 Å². The topological polar surface area (TPSA) is 130 Å². The Morgan fingerprint density at radius 1 is 0.588 bits per heavy atom. The number of aliphatic hydroxyl groups excluding tert-OH is 2. The monoisotopic (exact) mass is 478 g/mol. The maximum absolute atomic E-state index is 12.8. The molecular formula is C24H30O10. The Labute approximate surface area is 197 Å². The Hall–Kier alpha value is -3.50. The SMILES string of the molecule is COc1cc(C(=O)C(O)CCC(O)C(=O)c2cc(OC)c(OC)c(OC)c2)cc(OC)c1OC. The molecule has 0 saturated heterocycles. The number of ketones is 2. The Morgan fingerprint density at radius 2 is 0.853 bits per heavy atom. The van der Waals surface area contributed by atoms with Crippen LogP contribution in [0.5, 0.6) is 34.5 Å². The average molecular weight is 478 g/mol. The van der Waals surface area contributed by atoms with Gasteiger partial charge in [0, 0.05) is 11.1 Å². The second kappa shape index (κ2) is 12.1. The zero-order chi connectivity index (χ0) is 25.4. The van der Waals surface area contributed by atoms with E-state index in [1.807, 2.05) is 0 Å². The van der Waals surface area contributed by atoms with Gasteiger partial charge in [0.25, 0.3) is 0 Å². The number of Topliss-reactive ketones (excluding diaryl/α,β-unsaturated/α-hetero) is 2. The molecule has 0 aromatic heterocycles. The fourth-order valence-corrected chi connectivity index (χ4v) is 3.41. The van der Waals surface area contributed by atoms with Crippen molar-refractivity contribution in [2.24, 2.45) is 0 Å². The van der Waals surface area contributed by atoms with Gasteiger partial charge in [-0.3, -0.25) is 9.59 Å². The molecular weight excluding hydrogens is 448 g/mol. The lowest BCUT2D eigenvalue weighted by Gasteiger charge is -2.17. The number of rotatable bonds is 13. The highest BCUT2D eigenvalue weighted by molar-refractivity contribution is 6.01. The quantitative estimate of drug-likeness (QED) is 0.414. The summed E-state index contributed by atoms with van der Waals surface area (Å²) in [5.74, 6) is 0.415. The van der Waals surface area contributed by atoms with Gasteiger partial charge < -0.3 is 38.6 Å². The molecule has 10 heteroatoms. The lowest BCUT2D eigenvalue weighted by molar-refractivity contribution is 0.0606. The molecule has 0 fully saturated rings. The molecule has 0 aliphatic rings. The van der Waals surface area contributed by atoms with Gasteiger partial charge in [-0.05, 0) is 37.1 Å². The van der Waals surface area contributed by atoms with Gasteiger partial charge in [0.05, 0.1) is 42.7 Å². The smallest absolute Gasteiger partial charge is 0.203 e. The zero-order valence-electron chi connectivity index (χ0n) is 20.0. The second-order valence-corrected chi connectivity index (χ2v) is 7.17. The summed E-state index contributed by atoms with van der Waals surface area (Å²) >= 11 is 0. The molecule has 2 unspecified atom stereocenters. The lowest BCUT2D eigenvalue weighted by atomic mass is 9.97. The van der Waals surface area contributed by atoms with Gasteiger partial charge in [-0.2, -0.15) is 0 Å². The van der Waals surface area contributed by atoms with Crippen LogP contribution in [0.1, 0.15) is 33.6 Å². The summed E-state index contributed by atoms with van der Waals surface area (Å²) in [5, 5.41) is 20.8. The number of benzene rings is 2. The highest BCUT2D eigenvalue weighted by Crippen LogP contribution is 2.39. The molecule has 2 rings (SSSR count). The van der Waals surface area contributed by atoms with E-state index in [9.17, 15) is 19.8 Å². The van der Waals surface area contributed by atoms with Gasteiger partial charge >= 0.3 is 0 Å². The van der Waals surface area contributed by atoms with Crippen molar-refractivity contribution in [3.63, 3.8) is 0 Å². The minimum Gasteiger partial charge on any atom is -0.493 e. The highest BCUT2D eigenvalue weighted by atomic mass is 16.5. The third-order valence-electron chi connectivity index (χ3n) is 5.22. The first-order valence-electron chi connectivity index (χ1n) is 10.3. The standard InChI is InChI=1S/C24H30O10/c1-29-17-9-13(10-18(30-2)23(17)33-5)21(27)15(25)7-8-16(26)22(28)14-11-19(31-3)24(34-6)20(12-14)32-4/h9-12,15-16,25-26H,7-8H2,1-6H3. The Morgan fingerprint density at radius 3 is 1.06 bits per heavy atom. The van der Waals surface area contributed by atoms with Crippen LogP contribution in [-0.2, 0) is 0 Å². The summed E-state index contributed by atoms with van der Waals surface area (Å²) in [6, 6.07) is 5.68. The van der Waals surface area contributed by atoms with Crippen LogP contribution in [-0.4, -0.2) is 76.6 Å². The Bertz CT molecular complexity index is 885. The third kappa shape index (κ3) is 5.70. The summed E-state index contributed by atoms with van der Waals surface area (Å²) in [6.07, 6.45) is -3.25. The molecule has 0 saturated carbocycles. The summed E-state index contributed by atoms with van der Waals surface area (Å²) in [6.45, 7) is 0. The summed E-state index contributed by atoms with van der Waals surface area (Å²) in [4.78, 5) is 25.5. The van der Waals surface area contributed by atoms with Crippen molar-refractivity contribution in [1.82, 2.24) is 0 Å². The van der Waals surface area contributed by atoms with E-state index in [4.69, 9.17) is 28.4 Å². The second-order valence-electron chi connectivity index (χ2n) is 7.17. The van der Waals surface area contributed by atoms with Gasteiger partial charge in [0.15, 0.2) is 34.6 Å². The molecule has 0 amide bonds. The molecule has 2 N–H and O–H groups in total. The van der Waals surface area contributed by atoms with Crippen LogP contribution < -0.4 is 28.4 Å². The van der Waals surface area contributed by atoms with Gasteiger partial charge in [-0.15, -0.1) is 0 Å². The van der Waals surface area contributed by atoms with Crippen LogP contribution in [0.15, 0.2) is 24.3 Å². The molecule has 0 heterocycles. The molecule has 2 aromatic rings. The predicted molar refractivity (Wildman–Crippen MR) is 122 cm³/mol. The fraction of sp³-hybridized carbons (Fsp3) is 0.417. The minimum absolute atomic E-state index is 0.132. The van der Waals surface area contributed by atoms with Gasteiger partial charge in [-0.1, -0.05) is 0 Å². The molecule has 0 aliphatic carbocycles. The predicted octanol–water partition coefficient (Wildman–Crippen LogP) is 2.31. The Kier molecular flexibility index (Phi) is 9.52. The minimum atomic E-state index is -1.47. The maximum Gasteiger partial charge on any atom is 0.203 e. The van der Waals surface area contributed by atoms with Gasteiger partial charge in [0.2, 0.25) is 11.5 Å². The van der Waals surface area contributed by atoms with E-state index in [-0.39, 0.29) is 47.0 Å². The molecule has 186 valence electrons. The number of hydrogen-bond donors (Lipinski definition) is 2. The van der Waals surface area contributed by atoms with Crippen molar-refractivity contribution in [3.05, 3.63) is 35.4 Å². The van der Waals surface area contributed by atoms with E-state index >= 15 is 0 Å². The molecule has 0 spiro atoms. The maximum atomic E-state index is 12.8. The lowest BCUT2D eigenvalue weighted by Crippen LogP contribution is -2.26. The fourth-order valence-electron chi connectivity index (χ4n) is 3.41. The largest absolute Gasteiger partial charge is 0.493 e. The molecule has 10 nitrogen and oxygen atoms in total. The number of carbonyl (C=O) groups is 2. The molecule has 34 heavy (non-hydrogen) atoms. The van der Waals surface area contributed by atoms with Gasteiger partial charge in [0.1, 0.15) is 12.2 Å². The summed E-state index contributed by atoms with van der Waals surface area (Å²) < 4.78 is 31.4. The highest BCUT2D eigenvalue weighted by Gasteiger charge is 2.26. The number of ether oxygens (including phenoxy) is 6. The van der Waals surface area contributed by atoms with Crippen LogP contribution >= 0.6 is 0 Å². The van der Waals surface area contributed by atoms with Crippen LogP contribution in [0.2, 0.25) is 0 Å². The van der Waals surface area contributed by atoms with Crippen LogP contribution in [0.3, 0.4) is 0 Å². The van der Waals surface area contributed by atoms with Crippen LogP contribution in [0, 0.1) is 0 Å². The van der Waals surface area contributed by atoms with Crippen molar-refractivity contribution in [2.45, 2.75) is 25.0 Å². The van der Waals surface area contributed by atoms with Crippen LogP contribution in [0.25, 0.3) is 0 Å². The van der Waals surface area contributed by atoms with E-state index in [1.165, 1.54) is 66.9 Å².